The second-order valence-corrected chi connectivity index (χ2v) is 4.15. The maximum Gasteiger partial charge on any atom is 0.265 e. The first-order valence-corrected chi connectivity index (χ1v) is 5.48. The molecule has 2 unspecified atom stereocenters. The predicted octanol–water partition coefficient (Wildman–Crippen LogP) is 2.55. The molecule has 102 valence electrons. The van der Waals surface area contributed by atoms with Crippen molar-refractivity contribution in [2.75, 3.05) is 6.54 Å². The van der Waals surface area contributed by atoms with Crippen LogP contribution < -0.4 is 5.32 Å². The van der Waals surface area contributed by atoms with Gasteiger partial charge in [0.2, 0.25) is 0 Å². The molecule has 1 aromatic carbocycles. The molecular weight excluding hydrogens is 250 g/mol. The van der Waals surface area contributed by atoms with Crippen molar-refractivity contribution in [3.63, 3.8) is 0 Å². The van der Waals surface area contributed by atoms with Crippen molar-refractivity contribution in [2.45, 2.75) is 32.4 Å². The fourth-order valence-electron chi connectivity index (χ4n) is 1.49. The number of hydrogen-bond donors (Lipinski definition) is 2. The quantitative estimate of drug-likeness (QED) is 0.802. The molecule has 6 heteroatoms. The van der Waals surface area contributed by atoms with Crippen LogP contribution in [-0.4, -0.2) is 24.2 Å². The summed E-state index contributed by atoms with van der Waals surface area (Å²) < 4.78 is 50.9. The number of aryl methyl sites for hydroxylation is 1. The van der Waals surface area contributed by atoms with Crippen LogP contribution >= 0.6 is 0 Å². The Labute approximate surface area is 103 Å². The molecule has 0 saturated carbocycles. The highest BCUT2D eigenvalue weighted by atomic mass is 19.3. The minimum atomic E-state index is -2.87. The molecule has 0 aromatic heterocycles. The number of benzene rings is 1. The lowest BCUT2D eigenvalue weighted by Crippen LogP contribution is -2.33. The minimum absolute atomic E-state index is 0.0413. The molecular formula is C12H15F4NO. The number of halogens is 4. The van der Waals surface area contributed by atoms with E-state index >= 15 is 0 Å². The zero-order valence-electron chi connectivity index (χ0n) is 10.1. The van der Waals surface area contributed by atoms with Crippen molar-refractivity contribution in [3.8, 4) is 0 Å². The van der Waals surface area contributed by atoms with E-state index in [1.54, 1.807) is 0 Å². The zero-order valence-corrected chi connectivity index (χ0v) is 10.1. The largest absolute Gasteiger partial charge is 0.386 e. The van der Waals surface area contributed by atoms with Crippen LogP contribution in [0, 0.1) is 18.6 Å². The monoisotopic (exact) mass is 265 g/mol. The van der Waals surface area contributed by atoms with Gasteiger partial charge >= 0.3 is 0 Å². The molecule has 0 spiro atoms. The average Bonchev–Trinajstić information content (AvgIpc) is 2.30. The molecule has 1 rings (SSSR count). The Bertz CT molecular complexity index is 411. The predicted molar refractivity (Wildman–Crippen MR) is 59.5 cm³/mol. The molecule has 0 heterocycles. The van der Waals surface area contributed by atoms with Gasteiger partial charge in [0.05, 0.1) is 0 Å². The van der Waals surface area contributed by atoms with E-state index in [1.807, 2.05) is 0 Å². The summed E-state index contributed by atoms with van der Waals surface area (Å²) in [7, 11) is 0. The first kappa shape index (κ1) is 14.9. The molecule has 0 fully saturated rings. The number of hydrogen-bond acceptors (Lipinski definition) is 2. The van der Waals surface area contributed by atoms with E-state index in [2.05, 4.69) is 5.32 Å². The Hall–Kier alpha value is -1.14. The number of alkyl halides is 2. The SMILES string of the molecule is Cc1cc(F)c(C(C)NCC(O)C(F)F)cc1F. The van der Waals surface area contributed by atoms with Gasteiger partial charge in [-0.1, -0.05) is 0 Å². The maximum atomic E-state index is 13.5. The summed E-state index contributed by atoms with van der Waals surface area (Å²) in [5, 5.41) is 11.4. The standard InChI is InChI=1S/C12H15F4NO/c1-6-3-10(14)8(4-9(6)13)7(2)17-5-11(18)12(15)16/h3-4,7,11-12,17-18H,5H2,1-2H3. The summed E-state index contributed by atoms with van der Waals surface area (Å²) in [5.41, 5.74) is 0.218. The first-order valence-electron chi connectivity index (χ1n) is 5.48. The number of nitrogens with one attached hydrogen (secondary N) is 1. The minimum Gasteiger partial charge on any atom is -0.386 e. The Morgan fingerprint density at radius 1 is 1.22 bits per heavy atom. The molecule has 0 radical (unpaired) electrons. The van der Waals surface area contributed by atoms with Gasteiger partial charge in [0.15, 0.2) is 0 Å². The molecule has 1 aromatic rings. The van der Waals surface area contributed by atoms with Gasteiger partial charge < -0.3 is 10.4 Å². The van der Waals surface area contributed by atoms with Crippen LogP contribution in [0.1, 0.15) is 24.1 Å². The van der Waals surface area contributed by atoms with Crippen molar-refractivity contribution in [2.24, 2.45) is 0 Å². The Morgan fingerprint density at radius 2 is 1.83 bits per heavy atom. The molecule has 2 N–H and O–H groups in total. The summed E-state index contributed by atoms with van der Waals surface area (Å²) in [6, 6.07) is 1.40. The topological polar surface area (TPSA) is 32.3 Å². The summed E-state index contributed by atoms with van der Waals surface area (Å²) in [5.74, 6) is -1.17. The van der Waals surface area contributed by atoms with Crippen molar-refractivity contribution >= 4 is 0 Å². The normalized spacial score (nSPS) is 14.9. The summed E-state index contributed by atoms with van der Waals surface area (Å²) in [6.45, 7) is 2.54. The second kappa shape index (κ2) is 6.15. The van der Waals surface area contributed by atoms with E-state index in [4.69, 9.17) is 5.11 Å². The average molecular weight is 265 g/mol. The van der Waals surface area contributed by atoms with Crippen molar-refractivity contribution in [1.82, 2.24) is 5.32 Å². The molecule has 2 nitrogen and oxygen atoms in total. The van der Waals surface area contributed by atoms with E-state index in [1.165, 1.54) is 13.8 Å². The Balaban J connectivity index is 2.72. The van der Waals surface area contributed by atoms with Crippen LogP contribution in [0.4, 0.5) is 17.6 Å². The highest BCUT2D eigenvalue weighted by Gasteiger charge is 2.19. The third-order valence-electron chi connectivity index (χ3n) is 2.67. The Kier molecular flexibility index (Phi) is 5.10. The van der Waals surface area contributed by atoms with Crippen molar-refractivity contribution in [3.05, 3.63) is 34.9 Å². The smallest absolute Gasteiger partial charge is 0.265 e. The van der Waals surface area contributed by atoms with Crippen LogP contribution in [-0.2, 0) is 0 Å². The summed E-state index contributed by atoms with van der Waals surface area (Å²) in [4.78, 5) is 0. The van der Waals surface area contributed by atoms with E-state index in [0.717, 1.165) is 12.1 Å². The second-order valence-electron chi connectivity index (χ2n) is 4.15. The molecule has 0 amide bonds. The summed E-state index contributed by atoms with van der Waals surface area (Å²) in [6.07, 6.45) is -4.70. The van der Waals surface area contributed by atoms with Gasteiger partial charge in [0.25, 0.3) is 6.43 Å². The van der Waals surface area contributed by atoms with Crippen molar-refractivity contribution < 1.29 is 22.7 Å². The molecule has 0 bridgehead atoms. The first-order chi connectivity index (χ1) is 8.32. The molecule has 18 heavy (non-hydrogen) atoms. The lowest BCUT2D eigenvalue weighted by molar-refractivity contribution is -0.00443. The zero-order chi connectivity index (χ0) is 13.9. The van der Waals surface area contributed by atoms with Gasteiger partial charge in [-0.2, -0.15) is 0 Å². The lowest BCUT2D eigenvalue weighted by atomic mass is 10.0. The third-order valence-corrected chi connectivity index (χ3v) is 2.67. The van der Waals surface area contributed by atoms with Crippen LogP contribution in [0.3, 0.4) is 0 Å². The van der Waals surface area contributed by atoms with Crippen LogP contribution in [0.2, 0.25) is 0 Å². The van der Waals surface area contributed by atoms with Gasteiger partial charge in [-0.25, -0.2) is 17.6 Å². The highest BCUT2D eigenvalue weighted by molar-refractivity contribution is 5.27. The maximum absolute atomic E-state index is 13.5. The van der Waals surface area contributed by atoms with Gasteiger partial charge in [0.1, 0.15) is 17.7 Å². The molecule has 0 aliphatic rings. The van der Waals surface area contributed by atoms with Gasteiger partial charge in [-0.15, -0.1) is 0 Å². The third kappa shape index (κ3) is 3.68. The molecule has 0 aliphatic heterocycles. The van der Waals surface area contributed by atoms with E-state index in [-0.39, 0.29) is 11.1 Å². The summed E-state index contributed by atoms with van der Waals surface area (Å²) >= 11 is 0. The van der Waals surface area contributed by atoms with Gasteiger partial charge in [-0.05, 0) is 31.5 Å². The molecule has 2 atom stereocenters. The number of aliphatic hydroxyl groups is 1. The van der Waals surface area contributed by atoms with E-state index in [9.17, 15) is 17.6 Å². The lowest BCUT2D eigenvalue weighted by Gasteiger charge is -2.18. The molecule has 0 saturated heterocycles. The number of rotatable bonds is 5. The van der Waals surface area contributed by atoms with E-state index < -0.39 is 36.8 Å². The van der Waals surface area contributed by atoms with Crippen LogP contribution in [0.5, 0.6) is 0 Å². The number of aliphatic hydroxyl groups excluding tert-OH is 1. The molecule has 0 aliphatic carbocycles. The van der Waals surface area contributed by atoms with Crippen LogP contribution in [0.15, 0.2) is 12.1 Å². The van der Waals surface area contributed by atoms with Crippen LogP contribution in [0.25, 0.3) is 0 Å². The fraction of sp³-hybridized carbons (Fsp3) is 0.500. The fourth-order valence-corrected chi connectivity index (χ4v) is 1.49. The highest BCUT2D eigenvalue weighted by Crippen LogP contribution is 2.20. The van der Waals surface area contributed by atoms with Gasteiger partial charge in [-0.3, -0.25) is 0 Å². The van der Waals surface area contributed by atoms with Crippen molar-refractivity contribution in [1.29, 1.82) is 0 Å². The van der Waals surface area contributed by atoms with Gasteiger partial charge in [0, 0.05) is 18.2 Å². The van der Waals surface area contributed by atoms with E-state index in [0.29, 0.717) is 0 Å². The Morgan fingerprint density at radius 3 is 2.39 bits per heavy atom.